The fourth-order valence-electron chi connectivity index (χ4n) is 2.27. The van der Waals surface area contributed by atoms with Gasteiger partial charge in [0.05, 0.1) is 5.69 Å². The van der Waals surface area contributed by atoms with Crippen LogP contribution in [0.2, 0.25) is 0 Å². The number of rotatable bonds is 3. The number of fused-ring (bicyclic) bond motifs is 1. The van der Waals surface area contributed by atoms with Crippen LogP contribution in [-0.2, 0) is 13.0 Å². The molecular weight excluding hydrogens is 200 g/mol. The van der Waals surface area contributed by atoms with Gasteiger partial charge < -0.3 is 4.90 Å². The summed E-state index contributed by atoms with van der Waals surface area (Å²) in [5, 5.41) is 0. The van der Waals surface area contributed by atoms with E-state index in [1.54, 1.807) is 6.33 Å². The highest BCUT2D eigenvalue weighted by Gasteiger charge is 2.20. The first kappa shape index (κ1) is 11.3. The molecule has 0 atom stereocenters. The third-order valence-electron chi connectivity index (χ3n) is 3.02. The number of aromatic nitrogens is 2. The van der Waals surface area contributed by atoms with Gasteiger partial charge in [-0.15, -0.1) is 0 Å². The molecule has 0 saturated heterocycles. The van der Waals surface area contributed by atoms with E-state index in [0.717, 1.165) is 25.3 Å². The second-order valence-corrected chi connectivity index (χ2v) is 4.54. The first-order valence-electron chi connectivity index (χ1n) is 5.94. The van der Waals surface area contributed by atoms with Crippen LogP contribution in [-0.4, -0.2) is 42.1 Å². The van der Waals surface area contributed by atoms with E-state index < -0.39 is 0 Å². The predicted octanol–water partition coefficient (Wildman–Crippen LogP) is 1.31. The second kappa shape index (κ2) is 4.78. The van der Waals surface area contributed by atoms with Crippen molar-refractivity contribution >= 4 is 5.82 Å². The molecule has 0 bridgehead atoms. The summed E-state index contributed by atoms with van der Waals surface area (Å²) in [6, 6.07) is 0. The highest BCUT2D eigenvalue weighted by Crippen LogP contribution is 2.24. The topological polar surface area (TPSA) is 32.3 Å². The third-order valence-corrected chi connectivity index (χ3v) is 3.02. The molecule has 4 nitrogen and oxygen atoms in total. The zero-order valence-electron chi connectivity index (χ0n) is 10.4. The molecule has 0 aromatic carbocycles. The van der Waals surface area contributed by atoms with Crippen molar-refractivity contribution < 1.29 is 0 Å². The molecule has 1 aromatic rings. The summed E-state index contributed by atoms with van der Waals surface area (Å²) in [4.78, 5) is 13.3. The van der Waals surface area contributed by atoms with E-state index in [9.17, 15) is 0 Å². The fourth-order valence-corrected chi connectivity index (χ4v) is 2.27. The van der Waals surface area contributed by atoms with Crippen molar-refractivity contribution in [3.8, 4) is 0 Å². The highest BCUT2D eigenvalue weighted by molar-refractivity contribution is 5.48. The Morgan fingerprint density at radius 2 is 2.19 bits per heavy atom. The van der Waals surface area contributed by atoms with Crippen LogP contribution in [0.1, 0.15) is 24.6 Å². The summed E-state index contributed by atoms with van der Waals surface area (Å²) < 4.78 is 0. The molecule has 88 valence electrons. The van der Waals surface area contributed by atoms with Gasteiger partial charge in [0.15, 0.2) is 0 Å². The Balaban J connectivity index is 2.27. The largest absolute Gasteiger partial charge is 0.362 e. The Morgan fingerprint density at radius 1 is 1.38 bits per heavy atom. The minimum Gasteiger partial charge on any atom is -0.362 e. The molecule has 0 unspecified atom stereocenters. The molecule has 0 N–H and O–H groups in total. The standard InChI is InChI=1S/C12H20N4/c1-4-6-16-7-5-11-10(8-16)12(15(2)3)14-9-13-11/h9H,4-8H2,1-3H3. The van der Waals surface area contributed by atoms with Crippen LogP contribution in [0.5, 0.6) is 0 Å². The van der Waals surface area contributed by atoms with E-state index in [4.69, 9.17) is 0 Å². The molecule has 0 saturated carbocycles. The van der Waals surface area contributed by atoms with E-state index in [2.05, 4.69) is 26.7 Å². The van der Waals surface area contributed by atoms with Crippen molar-refractivity contribution in [3.63, 3.8) is 0 Å². The molecule has 4 heteroatoms. The van der Waals surface area contributed by atoms with Crippen LogP contribution >= 0.6 is 0 Å². The average molecular weight is 220 g/mol. The fraction of sp³-hybridized carbons (Fsp3) is 0.667. The van der Waals surface area contributed by atoms with Crippen molar-refractivity contribution in [2.24, 2.45) is 0 Å². The maximum absolute atomic E-state index is 4.39. The number of hydrogen-bond acceptors (Lipinski definition) is 4. The number of hydrogen-bond donors (Lipinski definition) is 0. The van der Waals surface area contributed by atoms with Gasteiger partial charge in [-0.2, -0.15) is 0 Å². The van der Waals surface area contributed by atoms with Gasteiger partial charge in [0, 0.05) is 39.2 Å². The summed E-state index contributed by atoms with van der Waals surface area (Å²) >= 11 is 0. The van der Waals surface area contributed by atoms with Crippen LogP contribution < -0.4 is 4.90 Å². The maximum atomic E-state index is 4.39. The Bertz CT molecular complexity index is 362. The summed E-state index contributed by atoms with van der Waals surface area (Å²) in [5.74, 6) is 1.07. The Labute approximate surface area is 97.3 Å². The van der Waals surface area contributed by atoms with E-state index in [-0.39, 0.29) is 0 Å². The van der Waals surface area contributed by atoms with Crippen LogP contribution in [0.15, 0.2) is 6.33 Å². The smallest absolute Gasteiger partial charge is 0.136 e. The van der Waals surface area contributed by atoms with Gasteiger partial charge in [0.1, 0.15) is 12.1 Å². The van der Waals surface area contributed by atoms with E-state index in [1.165, 1.54) is 24.2 Å². The Kier molecular flexibility index (Phi) is 3.39. The summed E-state index contributed by atoms with van der Waals surface area (Å²) in [6.45, 7) is 5.52. The lowest BCUT2D eigenvalue weighted by molar-refractivity contribution is 0.252. The predicted molar refractivity (Wildman–Crippen MR) is 65.6 cm³/mol. The summed E-state index contributed by atoms with van der Waals surface area (Å²) in [7, 11) is 4.09. The number of nitrogens with zero attached hydrogens (tertiary/aromatic N) is 4. The first-order valence-corrected chi connectivity index (χ1v) is 5.94. The highest BCUT2D eigenvalue weighted by atomic mass is 15.2. The van der Waals surface area contributed by atoms with Gasteiger partial charge in [0.25, 0.3) is 0 Å². The minimum absolute atomic E-state index is 0.998. The van der Waals surface area contributed by atoms with E-state index in [1.807, 2.05) is 14.1 Å². The molecule has 0 aliphatic carbocycles. The Morgan fingerprint density at radius 3 is 2.88 bits per heavy atom. The monoisotopic (exact) mass is 220 g/mol. The molecular formula is C12H20N4. The van der Waals surface area contributed by atoms with Crippen LogP contribution in [0.3, 0.4) is 0 Å². The Hall–Kier alpha value is -1.16. The van der Waals surface area contributed by atoms with Crippen molar-refractivity contribution in [1.82, 2.24) is 14.9 Å². The molecule has 1 aromatic heterocycles. The second-order valence-electron chi connectivity index (χ2n) is 4.54. The quantitative estimate of drug-likeness (QED) is 0.769. The third kappa shape index (κ3) is 2.16. The molecule has 2 rings (SSSR count). The zero-order chi connectivity index (χ0) is 11.5. The van der Waals surface area contributed by atoms with Crippen LogP contribution in [0.4, 0.5) is 5.82 Å². The van der Waals surface area contributed by atoms with Crippen molar-refractivity contribution in [3.05, 3.63) is 17.6 Å². The number of anilines is 1. The molecule has 0 fully saturated rings. The van der Waals surface area contributed by atoms with Gasteiger partial charge in [-0.05, 0) is 13.0 Å². The lowest BCUT2D eigenvalue weighted by Crippen LogP contribution is -2.33. The van der Waals surface area contributed by atoms with Crippen molar-refractivity contribution in [2.75, 3.05) is 32.1 Å². The van der Waals surface area contributed by atoms with Gasteiger partial charge in [-0.3, -0.25) is 4.90 Å². The molecule has 0 spiro atoms. The van der Waals surface area contributed by atoms with Crippen molar-refractivity contribution in [1.29, 1.82) is 0 Å². The molecule has 2 heterocycles. The summed E-state index contributed by atoms with van der Waals surface area (Å²) in [6.07, 6.45) is 3.95. The average Bonchev–Trinajstić information content (AvgIpc) is 2.28. The minimum atomic E-state index is 0.998. The molecule has 1 aliphatic rings. The van der Waals surface area contributed by atoms with Crippen LogP contribution in [0.25, 0.3) is 0 Å². The molecule has 0 radical (unpaired) electrons. The normalized spacial score (nSPS) is 15.9. The summed E-state index contributed by atoms with van der Waals surface area (Å²) in [5.41, 5.74) is 2.54. The van der Waals surface area contributed by atoms with Crippen LogP contribution in [0, 0.1) is 0 Å². The first-order chi connectivity index (χ1) is 7.72. The zero-order valence-corrected chi connectivity index (χ0v) is 10.4. The van der Waals surface area contributed by atoms with Crippen molar-refractivity contribution in [2.45, 2.75) is 26.3 Å². The molecule has 1 aliphatic heterocycles. The van der Waals surface area contributed by atoms with Gasteiger partial charge >= 0.3 is 0 Å². The molecule has 0 amide bonds. The molecule has 16 heavy (non-hydrogen) atoms. The van der Waals surface area contributed by atoms with E-state index >= 15 is 0 Å². The maximum Gasteiger partial charge on any atom is 0.136 e. The lowest BCUT2D eigenvalue weighted by Gasteiger charge is -2.29. The lowest BCUT2D eigenvalue weighted by atomic mass is 10.1. The van der Waals surface area contributed by atoms with Gasteiger partial charge in [-0.1, -0.05) is 6.92 Å². The SMILES string of the molecule is CCCN1CCc2ncnc(N(C)C)c2C1. The van der Waals surface area contributed by atoms with Gasteiger partial charge in [-0.25, -0.2) is 9.97 Å². The van der Waals surface area contributed by atoms with Gasteiger partial charge in [0.2, 0.25) is 0 Å². The van der Waals surface area contributed by atoms with E-state index in [0.29, 0.717) is 0 Å².